The van der Waals surface area contributed by atoms with E-state index in [4.69, 9.17) is 5.73 Å². The molecule has 0 spiro atoms. The molecule has 4 aromatic rings. The molecule has 0 unspecified atom stereocenters. The summed E-state index contributed by atoms with van der Waals surface area (Å²) in [5, 5.41) is 1.92. The third kappa shape index (κ3) is 3.07. The van der Waals surface area contributed by atoms with Gasteiger partial charge >= 0.3 is 0 Å². The lowest BCUT2D eigenvalue weighted by Gasteiger charge is -2.10. The minimum Gasteiger partial charge on any atom is -0.399 e. The first kappa shape index (κ1) is 16.4. The van der Waals surface area contributed by atoms with E-state index < -0.39 is 10.0 Å². The van der Waals surface area contributed by atoms with Crippen molar-refractivity contribution in [2.45, 2.75) is 11.8 Å². The van der Waals surface area contributed by atoms with Crippen LogP contribution >= 0.6 is 0 Å². The molecule has 1 aromatic heterocycles. The number of anilines is 2. The Morgan fingerprint density at radius 3 is 2.23 bits per heavy atom. The lowest BCUT2D eigenvalue weighted by atomic mass is 10.1. The van der Waals surface area contributed by atoms with E-state index in [2.05, 4.69) is 9.71 Å². The van der Waals surface area contributed by atoms with Crippen LogP contribution in [-0.2, 0) is 10.0 Å². The Morgan fingerprint density at radius 1 is 0.846 bits per heavy atom. The molecular formula is C20H17N3O2S. The molecule has 1 heterocycles. The minimum atomic E-state index is -3.65. The van der Waals surface area contributed by atoms with Crippen LogP contribution in [-0.4, -0.2) is 13.4 Å². The molecule has 0 atom stereocenters. The van der Waals surface area contributed by atoms with Crippen molar-refractivity contribution in [2.75, 3.05) is 10.5 Å². The van der Waals surface area contributed by atoms with Crippen LogP contribution in [0.4, 0.5) is 11.4 Å². The van der Waals surface area contributed by atoms with E-state index in [1.165, 1.54) is 0 Å². The number of nitrogen functional groups attached to an aromatic ring is 1. The molecule has 3 aromatic carbocycles. The number of nitrogens with zero attached hydrogens (tertiary/aromatic N) is 1. The second-order valence-electron chi connectivity index (χ2n) is 6.27. The maximum absolute atomic E-state index is 12.6. The monoisotopic (exact) mass is 363 g/mol. The first-order valence-electron chi connectivity index (χ1n) is 8.10. The van der Waals surface area contributed by atoms with Crippen LogP contribution in [0.1, 0.15) is 5.56 Å². The first-order valence-corrected chi connectivity index (χ1v) is 9.59. The summed E-state index contributed by atoms with van der Waals surface area (Å²) in [4.78, 5) is 4.82. The Bertz CT molecular complexity index is 1230. The second-order valence-corrected chi connectivity index (χ2v) is 7.95. The van der Waals surface area contributed by atoms with Gasteiger partial charge in [0.1, 0.15) is 0 Å². The molecule has 5 nitrogen and oxygen atoms in total. The van der Waals surface area contributed by atoms with Crippen LogP contribution in [0.5, 0.6) is 0 Å². The summed E-state index contributed by atoms with van der Waals surface area (Å²) in [6.07, 6.45) is 0. The zero-order chi connectivity index (χ0) is 18.3. The molecule has 0 fully saturated rings. The molecule has 0 saturated carbocycles. The zero-order valence-corrected chi connectivity index (χ0v) is 14.9. The number of hydrogen-bond donors (Lipinski definition) is 2. The molecule has 0 radical (unpaired) electrons. The summed E-state index contributed by atoms with van der Waals surface area (Å²) in [6, 6.07) is 19.6. The number of hydrogen-bond acceptors (Lipinski definition) is 4. The fourth-order valence-corrected chi connectivity index (χ4v) is 3.88. The molecule has 0 aliphatic rings. The summed E-state index contributed by atoms with van der Waals surface area (Å²) < 4.78 is 27.7. The number of rotatable bonds is 3. The Kier molecular flexibility index (Phi) is 3.77. The summed E-state index contributed by atoms with van der Waals surface area (Å²) in [5.41, 5.74) is 9.41. The molecule has 0 aliphatic carbocycles. The number of nitrogens with one attached hydrogen (secondary N) is 1. The van der Waals surface area contributed by atoms with Crippen molar-refractivity contribution in [3.63, 3.8) is 0 Å². The van der Waals surface area contributed by atoms with Gasteiger partial charge in [0.25, 0.3) is 10.0 Å². The second kappa shape index (κ2) is 6.00. The highest BCUT2D eigenvalue weighted by Crippen LogP contribution is 2.25. The van der Waals surface area contributed by atoms with Gasteiger partial charge in [0.05, 0.1) is 21.6 Å². The molecule has 0 aliphatic heterocycles. The maximum Gasteiger partial charge on any atom is 0.261 e. The molecule has 6 heteroatoms. The molecule has 0 saturated heterocycles. The highest BCUT2D eigenvalue weighted by molar-refractivity contribution is 7.92. The van der Waals surface area contributed by atoms with E-state index in [1.807, 2.05) is 31.2 Å². The van der Waals surface area contributed by atoms with Gasteiger partial charge in [-0.3, -0.25) is 4.72 Å². The lowest BCUT2D eigenvalue weighted by Crippen LogP contribution is -2.12. The van der Waals surface area contributed by atoms with Crippen molar-refractivity contribution in [1.82, 2.24) is 4.98 Å². The van der Waals surface area contributed by atoms with Crippen LogP contribution in [0.3, 0.4) is 0 Å². The normalized spacial score (nSPS) is 11.7. The van der Waals surface area contributed by atoms with Crippen molar-refractivity contribution >= 4 is 43.2 Å². The van der Waals surface area contributed by atoms with Crippen molar-refractivity contribution in [2.24, 2.45) is 0 Å². The Labute approximate surface area is 151 Å². The van der Waals surface area contributed by atoms with Crippen LogP contribution < -0.4 is 10.5 Å². The number of benzene rings is 3. The molecule has 0 amide bonds. The van der Waals surface area contributed by atoms with Crippen LogP contribution in [0, 0.1) is 6.92 Å². The van der Waals surface area contributed by atoms with E-state index >= 15 is 0 Å². The van der Waals surface area contributed by atoms with Gasteiger partial charge in [-0.2, -0.15) is 0 Å². The highest BCUT2D eigenvalue weighted by Gasteiger charge is 2.14. The van der Waals surface area contributed by atoms with E-state index in [1.54, 1.807) is 42.5 Å². The third-order valence-corrected chi connectivity index (χ3v) is 5.62. The fourth-order valence-electron chi connectivity index (χ4n) is 2.83. The van der Waals surface area contributed by atoms with Crippen molar-refractivity contribution < 1.29 is 8.42 Å². The van der Waals surface area contributed by atoms with Crippen molar-refractivity contribution in [3.05, 3.63) is 72.3 Å². The van der Waals surface area contributed by atoms with Crippen molar-refractivity contribution in [1.29, 1.82) is 0 Å². The van der Waals surface area contributed by atoms with E-state index in [-0.39, 0.29) is 4.90 Å². The predicted molar refractivity (Wildman–Crippen MR) is 106 cm³/mol. The number of pyridine rings is 1. The number of fused-ring (bicyclic) bond motifs is 2. The van der Waals surface area contributed by atoms with Gasteiger partial charge in [0.2, 0.25) is 0 Å². The fraction of sp³-hybridized carbons (Fsp3) is 0.0500. The highest BCUT2D eigenvalue weighted by atomic mass is 32.2. The van der Waals surface area contributed by atoms with Crippen LogP contribution in [0.2, 0.25) is 0 Å². The number of sulfonamides is 1. The van der Waals surface area contributed by atoms with Gasteiger partial charge in [-0.05, 0) is 49.4 Å². The van der Waals surface area contributed by atoms with Gasteiger partial charge in [0, 0.05) is 16.5 Å². The van der Waals surface area contributed by atoms with Crippen LogP contribution in [0.25, 0.3) is 21.8 Å². The zero-order valence-electron chi connectivity index (χ0n) is 14.1. The standard InChI is InChI=1S/C20H17N3O2S/c1-13-2-8-18(9-3-13)26(24,25)23-17-7-5-15-10-14-4-6-16(21)11-19(14)22-20(15)12-17/h2-12,23H,21H2,1H3. The number of nitrogens with two attached hydrogens (primary N) is 1. The quantitative estimate of drug-likeness (QED) is 0.424. The largest absolute Gasteiger partial charge is 0.399 e. The summed E-state index contributed by atoms with van der Waals surface area (Å²) in [6.45, 7) is 1.91. The number of aromatic nitrogens is 1. The maximum atomic E-state index is 12.6. The molecule has 26 heavy (non-hydrogen) atoms. The molecule has 3 N–H and O–H groups in total. The molecule has 0 bridgehead atoms. The average Bonchev–Trinajstić information content (AvgIpc) is 2.60. The average molecular weight is 363 g/mol. The molecular weight excluding hydrogens is 346 g/mol. The van der Waals surface area contributed by atoms with E-state index in [9.17, 15) is 8.42 Å². The van der Waals surface area contributed by atoms with E-state index in [0.717, 1.165) is 21.9 Å². The SMILES string of the molecule is Cc1ccc(S(=O)(=O)Nc2ccc3cc4ccc(N)cc4nc3c2)cc1. The van der Waals surface area contributed by atoms with Gasteiger partial charge in [-0.15, -0.1) is 0 Å². The van der Waals surface area contributed by atoms with Gasteiger partial charge < -0.3 is 5.73 Å². The Morgan fingerprint density at radius 2 is 1.50 bits per heavy atom. The van der Waals surface area contributed by atoms with Crippen LogP contribution in [0.15, 0.2) is 71.6 Å². The van der Waals surface area contributed by atoms with Gasteiger partial charge in [-0.25, -0.2) is 13.4 Å². The lowest BCUT2D eigenvalue weighted by molar-refractivity contribution is 0.601. The van der Waals surface area contributed by atoms with Crippen molar-refractivity contribution in [3.8, 4) is 0 Å². The summed E-state index contributed by atoms with van der Waals surface area (Å²) in [5.74, 6) is 0. The first-order chi connectivity index (χ1) is 12.4. The third-order valence-electron chi connectivity index (χ3n) is 4.22. The summed E-state index contributed by atoms with van der Waals surface area (Å²) in [7, 11) is -3.65. The Hall–Kier alpha value is -3.12. The number of aryl methyl sites for hydroxylation is 1. The summed E-state index contributed by atoms with van der Waals surface area (Å²) >= 11 is 0. The minimum absolute atomic E-state index is 0.224. The van der Waals surface area contributed by atoms with Gasteiger partial charge in [0.15, 0.2) is 0 Å². The smallest absolute Gasteiger partial charge is 0.261 e. The molecule has 130 valence electrons. The van der Waals surface area contributed by atoms with Gasteiger partial charge in [-0.1, -0.05) is 29.8 Å². The molecule has 4 rings (SSSR count). The topological polar surface area (TPSA) is 85.1 Å². The van der Waals surface area contributed by atoms with E-state index in [0.29, 0.717) is 16.9 Å². The Balaban J connectivity index is 1.74. The predicted octanol–water partition coefficient (Wildman–Crippen LogP) is 4.08.